The molecule has 0 aliphatic carbocycles. The minimum absolute atomic E-state index is 0.00977. The van der Waals surface area contributed by atoms with Gasteiger partial charge in [-0.15, -0.1) is 6.58 Å². The van der Waals surface area contributed by atoms with E-state index in [9.17, 15) is 4.79 Å². The molecule has 0 unspecified atom stereocenters. The molecule has 1 aliphatic heterocycles. The summed E-state index contributed by atoms with van der Waals surface area (Å²) in [4.78, 5) is 11.4. The van der Waals surface area contributed by atoms with Gasteiger partial charge in [0.05, 0.1) is 0 Å². The summed E-state index contributed by atoms with van der Waals surface area (Å²) >= 11 is 0. The number of hydrogen-bond acceptors (Lipinski definition) is 2. The fraction of sp³-hybridized carbons (Fsp3) is 0.615. The van der Waals surface area contributed by atoms with Gasteiger partial charge in [0.15, 0.2) is 0 Å². The maximum Gasteiger partial charge on any atom is 0.243 e. The van der Waals surface area contributed by atoms with E-state index in [2.05, 4.69) is 11.9 Å². The Morgan fingerprint density at radius 1 is 1.38 bits per heavy atom. The van der Waals surface area contributed by atoms with Gasteiger partial charge in [-0.25, -0.2) is 0 Å². The van der Waals surface area contributed by atoms with E-state index in [4.69, 9.17) is 4.74 Å². The smallest absolute Gasteiger partial charge is 0.243 e. The van der Waals surface area contributed by atoms with Crippen LogP contribution in [0.4, 0.5) is 0 Å². The third-order valence-corrected chi connectivity index (χ3v) is 2.71. The number of carbonyl (C=O) groups excluding carboxylic acids is 1. The van der Waals surface area contributed by atoms with Crippen molar-refractivity contribution < 1.29 is 9.53 Å². The van der Waals surface area contributed by atoms with Gasteiger partial charge in [-0.3, -0.25) is 4.79 Å². The molecule has 0 radical (unpaired) electrons. The highest BCUT2D eigenvalue weighted by Gasteiger charge is 2.13. The Labute approximate surface area is 97.6 Å². The Kier molecular flexibility index (Phi) is 6.58. The summed E-state index contributed by atoms with van der Waals surface area (Å²) in [6.07, 6.45) is 9.27. The van der Waals surface area contributed by atoms with Crippen LogP contribution in [0.5, 0.6) is 0 Å². The van der Waals surface area contributed by atoms with E-state index in [1.54, 1.807) is 6.08 Å². The van der Waals surface area contributed by atoms with Gasteiger partial charge in [-0.2, -0.15) is 0 Å². The molecule has 16 heavy (non-hydrogen) atoms. The molecule has 3 heteroatoms. The summed E-state index contributed by atoms with van der Waals surface area (Å²) in [5, 5.41) is 2.92. The van der Waals surface area contributed by atoms with E-state index >= 15 is 0 Å². The van der Waals surface area contributed by atoms with Crippen molar-refractivity contribution in [2.45, 2.75) is 25.7 Å². The molecule has 0 bridgehead atoms. The fourth-order valence-electron chi connectivity index (χ4n) is 1.66. The van der Waals surface area contributed by atoms with Gasteiger partial charge in [0, 0.05) is 19.8 Å². The molecule has 0 atom stereocenters. The first kappa shape index (κ1) is 13.0. The molecular weight excluding hydrogens is 202 g/mol. The summed E-state index contributed by atoms with van der Waals surface area (Å²) in [6.45, 7) is 6.06. The number of unbranched alkanes of at least 4 members (excludes halogenated alkanes) is 1. The predicted octanol–water partition coefficient (Wildman–Crippen LogP) is 2.05. The van der Waals surface area contributed by atoms with Crippen molar-refractivity contribution in [3.63, 3.8) is 0 Å². The highest BCUT2D eigenvalue weighted by atomic mass is 16.5. The predicted molar refractivity (Wildman–Crippen MR) is 65.1 cm³/mol. The molecule has 1 rings (SSSR count). The summed E-state index contributed by atoms with van der Waals surface area (Å²) in [5.74, 6) is 0.592. The number of rotatable bonds is 6. The quantitative estimate of drug-likeness (QED) is 0.425. The molecule has 1 fully saturated rings. The van der Waals surface area contributed by atoms with Crippen LogP contribution in [-0.4, -0.2) is 25.7 Å². The normalized spacial score (nSPS) is 17.5. The number of ether oxygens (including phenoxy) is 1. The third kappa shape index (κ3) is 5.71. The average Bonchev–Trinajstić information content (AvgIpc) is 2.33. The van der Waals surface area contributed by atoms with Crippen LogP contribution in [0.25, 0.3) is 0 Å². The maximum absolute atomic E-state index is 11.4. The second kappa shape index (κ2) is 8.11. The van der Waals surface area contributed by atoms with Crippen LogP contribution in [-0.2, 0) is 9.53 Å². The van der Waals surface area contributed by atoms with Gasteiger partial charge in [-0.05, 0) is 37.7 Å². The topological polar surface area (TPSA) is 38.3 Å². The number of carbonyl (C=O) groups is 1. The van der Waals surface area contributed by atoms with Crippen LogP contribution in [0.2, 0.25) is 0 Å². The second-order valence-electron chi connectivity index (χ2n) is 4.07. The molecule has 1 aliphatic rings. The molecule has 1 saturated heterocycles. The Morgan fingerprint density at radius 2 is 2.12 bits per heavy atom. The molecule has 90 valence electrons. The van der Waals surface area contributed by atoms with E-state index in [0.717, 1.165) is 45.4 Å². The van der Waals surface area contributed by atoms with Crippen LogP contribution >= 0.6 is 0 Å². The van der Waals surface area contributed by atoms with Crippen molar-refractivity contribution >= 4 is 5.91 Å². The van der Waals surface area contributed by atoms with Crippen molar-refractivity contribution in [1.82, 2.24) is 5.32 Å². The fourth-order valence-corrected chi connectivity index (χ4v) is 1.66. The van der Waals surface area contributed by atoms with Crippen molar-refractivity contribution in [2.75, 3.05) is 19.8 Å². The SMILES string of the molecule is C=CCC/C=C/C(=O)NCC1CCOCC1. The Hall–Kier alpha value is -1.09. The molecule has 1 N–H and O–H groups in total. The zero-order chi connectivity index (χ0) is 11.6. The molecule has 0 saturated carbocycles. The lowest BCUT2D eigenvalue weighted by atomic mass is 10.0. The van der Waals surface area contributed by atoms with E-state index in [-0.39, 0.29) is 5.91 Å². The zero-order valence-corrected chi connectivity index (χ0v) is 9.78. The van der Waals surface area contributed by atoms with Crippen LogP contribution in [0.15, 0.2) is 24.8 Å². The van der Waals surface area contributed by atoms with Crippen molar-refractivity contribution in [2.24, 2.45) is 5.92 Å². The molecule has 0 spiro atoms. The molecule has 0 aromatic carbocycles. The third-order valence-electron chi connectivity index (χ3n) is 2.71. The van der Waals surface area contributed by atoms with Gasteiger partial charge in [0.1, 0.15) is 0 Å². The lowest BCUT2D eigenvalue weighted by Gasteiger charge is -2.21. The molecule has 3 nitrogen and oxygen atoms in total. The average molecular weight is 223 g/mol. The zero-order valence-electron chi connectivity index (χ0n) is 9.78. The minimum atomic E-state index is 0.00977. The van der Waals surface area contributed by atoms with Gasteiger partial charge < -0.3 is 10.1 Å². The lowest BCUT2D eigenvalue weighted by molar-refractivity contribution is -0.116. The second-order valence-corrected chi connectivity index (χ2v) is 4.07. The Bertz CT molecular complexity index is 242. The standard InChI is InChI=1S/C13H21NO2/c1-2-3-4-5-6-13(15)14-11-12-7-9-16-10-8-12/h2,5-6,12H,1,3-4,7-11H2,(H,14,15)/b6-5+. The maximum atomic E-state index is 11.4. The van der Waals surface area contributed by atoms with Gasteiger partial charge in [0.2, 0.25) is 5.91 Å². The molecule has 0 aromatic heterocycles. The van der Waals surface area contributed by atoms with Crippen molar-refractivity contribution in [3.8, 4) is 0 Å². The number of allylic oxidation sites excluding steroid dienone is 2. The van der Waals surface area contributed by atoms with Crippen molar-refractivity contribution in [1.29, 1.82) is 0 Å². The molecular formula is C13H21NO2. The summed E-state index contributed by atoms with van der Waals surface area (Å²) in [5.41, 5.74) is 0. The van der Waals surface area contributed by atoms with E-state index in [0.29, 0.717) is 5.92 Å². The van der Waals surface area contributed by atoms with Crippen LogP contribution < -0.4 is 5.32 Å². The number of hydrogen-bond donors (Lipinski definition) is 1. The first-order valence-electron chi connectivity index (χ1n) is 5.96. The number of nitrogens with one attached hydrogen (secondary N) is 1. The highest BCUT2D eigenvalue weighted by Crippen LogP contribution is 2.12. The lowest BCUT2D eigenvalue weighted by Crippen LogP contribution is -2.31. The Balaban J connectivity index is 2.09. The summed E-state index contributed by atoms with van der Waals surface area (Å²) in [6, 6.07) is 0. The van der Waals surface area contributed by atoms with Gasteiger partial charge in [0.25, 0.3) is 0 Å². The van der Waals surface area contributed by atoms with Crippen LogP contribution in [0.3, 0.4) is 0 Å². The summed E-state index contributed by atoms with van der Waals surface area (Å²) < 4.78 is 5.26. The molecule has 1 amide bonds. The van der Waals surface area contributed by atoms with Gasteiger partial charge >= 0.3 is 0 Å². The van der Waals surface area contributed by atoms with E-state index in [1.807, 2.05) is 12.2 Å². The largest absolute Gasteiger partial charge is 0.381 e. The van der Waals surface area contributed by atoms with Crippen molar-refractivity contribution in [3.05, 3.63) is 24.8 Å². The van der Waals surface area contributed by atoms with E-state index < -0.39 is 0 Å². The summed E-state index contributed by atoms with van der Waals surface area (Å²) in [7, 11) is 0. The van der Waals surface area contributed by atoms with E-state index in [1.165, 1.54) is 0 Å². The first-order chi connectivity index (χ1) is 7.83. The Morgan fingerprint density at radius 3 is 2.81 bits per heavy atom. The first-order valence-corrected chi connectivity index (χ1v) is 5.96. The van der Waals surface area contributed by atoms with Gasteiger partial charge in [-0.1, -0.05) is 12.2 Å². The molecule has 0 aromatic rings. The minimum Gasteiger partial charge on any atom is -0.381 e. The van der Waals surface area contributed by atoms with Crippen LogP contribution in [0, 0.1) is 5.92 Å². The molecule has 1 heterocycles. The number of amides is 1. The highest BCUT2D eigenvalue weighted by molar-refractivity contribution is 5.87. The van der Waals surface area contributed by atoms with Crippen LogP contribution in [0.1, 0.15) is 25.7 Å². The monoisotopic (exact) mass is 223 g/mol.